The molecule has 0 radical (unpaired) electrons. The smallest absolute Gasteiger partial charge is 0.248 e. The van der Waals surface area contributed by atoms with Gasteiger partial charge in [0.05, 0.1) is 12.5 Å². The molecule has 526 valence electrons. The van der Waals surface area contributed by atoms with Gasteiger partial charge in [0.1, 0.15) is 66.5 Å². The Kier molecular flexibility index (Phi) is 29.2. The summed E-state index contributed by atoms with van der Waals surface area (Å²) in [5, 5.41) is 25.1. The van der Waals surface area contributed by atoms with Gasteiger partial charge in [-0.05, 0) is 113 Å². The lowest BCUT2D eigenvalue weighted by Gasteiger charge is -2.38. The van der Waals surface area contributed by atoms with Crippen LogP contribution in [0, 0.1) is 23.7 Å². The van der Waals surface area contributed by atoms with Crippen LogP contribution in [0.15, 0.2) is 60.7 Å². The number of hydrogen-bond donors (Lipinski definition) is 6. The molecule has 0 bridgehead atoms. The second-order valence-corrected chi connectivity index (χ2v) is 27.8. The van der Waals surface area contributed by atoms with Gasteiger partial charge < -0.3 is 66.0 Å². The van der Waals surface area contributed by atoms with Crippen LogP contribution in [-0.4, -0.2) is 238 Å². The highest BCUT2D eigenvalue weighted by molar-refractivity contribution is 6.00. The fraction of sp³-hybridized carbons (Fsp3) is 0.657. The number of fused-ring (bicyclic) bond motifs is 1. The van der Waals surface area contributed by atoms with Gasteiger partial charge in [-0.3, -0.25) is 57.5 Å². The van der Waals surface area contributed by atoms with Crippen molar-refractivity contribution in [2.45, 2.75) is 219 Å². The van der Waals surface area contributed by atoms with Crippen molar-refractivity contribution in [2.75, 3.05) is 54.9 Å². The molecule has 3 heterocycles. The first-order valence-electron chi connectivity index (χ1n) is 33.9. The summed E-state index contributed by atoms with van der Waals surface area (Å²) >= 11 is 0. The summed E-state index contributed by atoms with van der Waals surface area (Å²) in [5.41, 5.74) is 1.53. The molecule has 5 rings (SSSR count). The second kappa shape index (κ2) is 35.7. The third kappa shape index (κ3) is 20.8. The highest BCUT2D eigenvalue weighted by Crippen LogP contribution is 2.25. The zero-order valence-electron chi connectivity index (χ0n) is 58.9. The van der Waals surface area contributed by atoms with Crippen LogP contribution in [0.1, 0.15) is 145 Å². The van der Waals surface area contributed by atoms with Gasteiger partial charge in [-0.2, -0.15) is 0 Å². The van der Waals surface area contributed by atoms with Crippen molar-refractivity contribution >= 4 is 70.9 Å². The molecule has 3 fully saturated rings. The van der Waals surface area contributed by atoms with Gasteiger partial charge in [-0.1, -0.05) is 116 Å². The Bertz CT molecular complexity index is 2990. The number of benzene rings is 2. The number of likely N-dealkylation sites (N-methyl/N-ethyl adjacent to an activating group) is 5. The Labute approximate surface area is 561 Å². The Morgan fingerprint density at radius 1 is 0.495 bits per heavy atom. The van der Waals surface area contributed by atoms with Gasteiger partial charge in [0.15, 0.2) is 0 Å². The maximum absolute atomic E-state index is 15.2. The van der Waals surface area contributed by atoms with Crippen molar-refractivity contribution in [3.05, 3.63) is 71.8 Å². The molecule has 0 aliphatic carbocycles. The summed E-state index contributed by atoms with van der Waals surface area (Å²) in [6.45, 7) is 19.2. The average molecular weight is 1330 g/mol. The maximum Gasteiger partial charge on any atom is 0.248 e. The van der Waals surface area contributed by atoms with Crippen LogP contribution < -0.4 is 26.6 Å². The number of piperidine rings is 1. The molecule has 2 aromatic carbocycles. The number of aliphatic hydroxyl groups is 1. The average Bonchev–Trinajstić information content (AvgIpc) is 1.77. The summed E-state index contributed by atoms with van der Waals surface area (Å²) in [7, 11) is 7.01. The van der Waals surface area contributed by atoms with Crippen LogP contribution in [0.2, 0.25) is 0 Å². The molecule has 3 aliphatic heterocycles. The number of rotatable bonds is 13. The molecule has 0 aromatic heterocycles. The Hall–Kier alpha value is -7.96. The van der Waals surface area contributed by atoms with E-state index in [1.807, 2.05) is 58.0 Å². The number of nitrogens with zero attached hydrogens (tertiary/aromatic N) is 7. The molecule has 0 saturated carbocycles. The molecule has 25 heteroatoms. The molecule has 3 aliphatic rings. The first kappa shape index (κ1) is 77.7. The van der Waals surface area contributed by atoms with E-state index in [2.05, 4.69) is 26.6 Å². The largest absolute Gasteiger partial charge is 0.391 e. The van der Waals surface area contributed by atoms with Crippen LogP contribution in [-0.2, 0) is 70.4 Å². The van der Waals surface area contributed by atoms with Gasteiger partial charge in [-0.25, -0.2) is 0 Å². The van der Waals surface area contributed by atoms with E-state index in [-0.39, 0.29) is 50.5 Å². The fourth-order valence-corrected chi connectivity index (χ4v) is 12.8. The molecular weight excluding hydrogens is 1220 g/mol. The van der Waals surface area contributed by atoms with Gasteiger partial charge >= 0.3 is 0 Å². The van der Waals surface area contributed by atoms with Crippen molar-refractivity contribution < 1.29 is 62.6 Å². The summed E-state index contributed by atoms with van der Waals surface area (Å²) in [6, 6.07) is 3.88. The first-order chi connectivity index (χ1) is 44.7. The van der Waals surface area contributed by atoms with Gasteiger partial charge in [0.2, 0.25) is 70.9 Å². The van der Waals surface area contributed by atoms with Crippen LogP contribution in [0.3, 0.4) is 0 Å². The van der Waals surface area contributed by atoms with Crippen molar-refractivity contribution in [1.82, 2.24) is 60.9 Å². The van der Waals surface area contributed by atoms with Crippen LogP contribution in [0.4, 0.5) is 0 Å². The molecule has 0 unspecified atom stereocenters. The van der Waals surface area contributed by atoms with E-state index < -0.39 is 162 Å². The number of nitrogens with one attached hydrogen (secondary N) is 5. The number of likely N-dealkylation sites (tertiary alicyclic amines) is 1. The molecule has 25 nitrogen and oxygen atoms in total. The second-order valence-electron chi connectivity index (χ2n) is 27.8. The molecular formula is C70H108N12O13. The molecule has 95 heavy (non-hydrogen) atoms. The number of hydrogen-bond acceptors (Lipinski definition) is 13. The molecule has 12 amide bonds. The normalized spacial score (nSPS) is 27.0. The highest BCUT2D eigenvalue weighted by Gasteiger charge is 2.45. The minimum Gasteiger partial charge on any atom is -0.391 e. The molecule has 2 aromatic rings. The standard InChI is InChI=1S/C70H108N12O13/c1-41(2)37-51-67(92)80(16)59(44(7)8)63(88)71-50(33-32-48-27-20-17-21-28-48)66(91)76(12)45(9)64(89)78(14)54(38-42(3)4)61(86)73-52(68(93)81-34-24-19-25-35-81)40-56(84)74-57(43(5)6)62(87)75-58(47(11)83)70(95)77(13)46(10)65(90)79(15)55(39-49-29-22-18-23-30-49)69(94)82-36-26-31-53(82)60(85)72-51/h17-18,20-23,27-30,41-47,50-55,57-59,83H,19,24-26,31-40H2,1-16H3,(H,71,88)(H,72,85)(H,73,86)(H,74,84)(H,75,87)/t45-,46-,47+,50-,51-,52-,53-,54-,55-,57+,58-,59-/m0/s1. The lowest BCUT2D eigenvalue weighted by atomic mass is 9.97. The predicted molar refractivity (Wildman–Crippen MR) is 359 cm³/mol. The third-order valence-electron chi connectivity index (χ3n) is 18.7. The number of carbonyl (C=O) groups excluding carboxylic acids is 12. The minimum atomic E-state index is -1.67. The van der Waals surface area contributed by atoms with E-state index in [1.165, 1.54) is 80.5 Å². The number of aryl methyl sites for hydroxylation is 1. The van der Waals surface area contributed by atoms with E-state index in [4.69, 9.17) is 0 Å². The van der Waals surface area contributed by atoms with Crippen LogP contribution in [0.25, 0.3) is 0 Å². The predicted octanol–water partition coefficient (Wildman–Crippen LogP) is 2.65. The topological polar surface area (TPSA) is 308 Å². The van der Waals surface area contributed by atoms with Crippen molar-refractivity contribution in [1.29, 1.82) is 0 Å². The Morgan fingerprint density at radius 3 is 1.56 bits per heavy atom. The van der Waals surface area contributed by atoms with Gasteiger partial charge in [0, 0.05) is 61.3 Å². The summed E-state index contributed by atoms with van der Waals surface area (Å²) < 4.78 is 0. The Balaban J connectivity index is 1.63. The number of amides is 12. The lowest BCUT2D eigenvalue weighted by molar-refractivity contribution is -0.152. The zero-order valence-corrected chi connectivity index (χ0v) is 58.9. The molecule has 6 N–H and O–H groups in total. The summed E-state index contributed by atoms with van der Waals surface area (Å²) in [6.07, 6.45) is 1.20. The SMILES string of the molecule is CC(C)C[C@@H]1NC(=O)[C@@H]2CCCN2C(=O)[C@H](Cc2ccccc2)N(C)C(=O)[C@H](C)N(C)C(=O)[C@H]([C@@H](C)O)NC(=O)[C@@H](C(C)C)NC(=O)C[C@@H](C(=O)N2CCCCC2)NC(=O)[C@H](CC(C)C)N(C)C(=O)[C@H](C)N(C)C(=O)[C@H](CCc2ccccc2)NC(=O)[C@H](C(C)C)N(C)C1=O. The first-order valence-corrected chi connectivity index (χ1v) is 33.9. The van der Waals surface area contributed by atoms with Gasteiger partial charge in [-0.15, -0.1) is 0 Å². The zero-order chi connectivity index (χ0) is 70.9. The summed E-state index contributed by atoms with van der Waals surface area (Å²) in [4.78, 5) is 186. The van der Waals surface area contributed by atoms with E-state index in [0.29, 0.717) is 44.3 Å². The van der Waals surface area contributed by atoms with Crippen molar-refractivity contribution in [3.63, 3.8) is 0 Å². The Morgan fingerprint density at radius 2 is 1.02 bits per heavy atom. The van der Waals surface area contributed by atoms with Crippen molar-refractivity contribution in [3.8, 4) is 0 Å². The quantitative estimate of drug-likeness (QED) is 0.168. The van der Waals surface area contributed by atoms with E-state index in [0.717, 1.165) is 16.9 Å². The van der Waals surface area contributed by atoms with Crippen molar-refractivity contribution in [2.24, 2.45) is 23.7 Å². The minimum absolute atomic E-state index is 0.00854. The number of carbonyl (C=O) groups is 12. The molecule has 3 saturated heterocycles. The van der Waals surface area contributed by atoms with Crippen LogP contribution >= 0.6 is 0 Å². The van der Waals surface area contributed by atoms with Gasteiger partial charge in [0.25, 0.3) is 0 Å². The van der Waals surface area contributed by atoms with Crippen LogP contribution in [0.5, 0.6) is 0 Å². The van der Waals surface area contributed by atoms with E-state index in [1.54, 1.807) is 62.9 Å². The fourth-order valence-electron chi connectivity index (χ4n) is 12.8. The molecule has 12 atom stereocenters. The maximum atomic E-state index is 15.2. The summed E-state index contributed by atoms with van der Waals surface area (Å²) in [5.74, 6) is -10.0. The third-order valence-corrected chi connectivity index (χ3v) is 18.7. The monoisotopic (exact) mass is 1320 g/mol. The highest BCUT2D eigenvalue weighted by atomic mass is 16.3. The number of aliphatic hydroxyl groups excluding tert-OH is 1. The lowest BCUT2D eigenvalue weighted by Crippen LogP contribution is -2.62. The van der Waals surface area contributed by atoms with E-state index in [9.17, 15) is 48.3 Å². The van der Waals surface area contributed by atoms with E-state index >= 15 is 14.4 Å². The molecule has 0 spiro atoms.